The second kappa shape index (κ2) is 8.23. The van der Waals surface area contributed by atoms with Gasteiger partial charge in [0.25, 0.3) is 0 Å². The smallest absolute Gasteiger partial charge is 0.336 e. The van der Waals surface area contributed by atoms with Gasteiger partial charge in [-0.15, -0.1) is 0 Å². The standard InChI is InChI=1S/C29H23N3O4/c1-16-8-9-24(35-18(3)19-10-12-32-13-11-30-25(32)14-19)26-21(29(33)34)15-22(31-27(16)26)28-17(2)20-6-4-5-7-23(20)36-28/h4-15,18H,1-3H3,(H,33,34)/t18-/m0/s1. The van der Waals surface area contributed by atoms with Crippen LogP contribution in [-0.4, -0.2) is 25.4 Å². The number of para-hydroxylation sites is 1. The zero-order valence-corrected chi connectivity index (χ0v) is 20.0. The number of fused-ring (bicyclic) bond motifs is 3. The van der Waals surface area contributed by atoms with Crippen molar-refractivity contribution in [2.75, 3.05) is 0 Å². The van der Waals surface area contributed by atoms with Crippen LogP contribution in [0.25, 0.3) is 39.0 Å². The number of carbonyl (C=O) groups is 1. The maximum atomic E-state index is 12.5. The minimum atomic E-state index is -1.06. The van der Waals surface area contributed by atoms with Crippen LogP contribution in [0.4, 0.5) is 0 Å². The highest BCUT2D eigenvalue weighted by molar-refractivity contribution is 6.07. The predicted molar refractivity (Wildman–Crippen MR) is 138 cm³/mol. The molecular formula is C29H23N3O4. The van der Waals surface area contributed by atoms with Gasteiger partial charge in [0, 0.05) is 29.5 Å². The Morgan fingerprint density at radius 3 is 2.72 bits per heavy atom. The van der Waals surface area contributed by atoms with Crippen LogP contribution in [0.15, 0.2) is 77.6 Å². The molecular weight excluding hydrogens is 454 g/mol. The number of carboxylic acids is 1. The molecule has 1 N–H and O–H groups in total. The zero-order chi connectivity index (χ0) is 25.0. The van der Waals surface area contributed by atoms with E-state index in [1.165, 1.54) is 0 Å². The van der Waals surface area contributed by atoms with Crippen molar-refractivity contribution in [2.24, 2.45) is 0 Å². The molecule has 0 saturated heterocycles. The molecule has 178 valence electrons. The summed E-state index contributed by atoms with van der Waals surface area (Å²) >= 11 is 0. The van der Waals surface area contributed by atoms with Crippen molar-refractivity contribution in [2.45, 2.75) is 26.9 Å². The first-order chi connectivity index (χ1) is 17.4. The Kier molecular flexibility index (Phi) is 5.00. The molecule has 2 aromatic carbocycles. The second-order valence-electron chi connectivity index (χ2n) is 8.93. The summed E-state index contributed by atoms with van der Waals surface area (Å²) in [5.74, 6) is -0.0314. The highest BCUT2D eigenvalue weighted by Crippen LogP contribution is 2.38. The summed E-state index contributed by atoms with van der Waals surface area (Å²) in [6.07, 6.45) is 5.21. The molecule has 0 aliphatic rings. The highest BCUT2D eigenvalue weighted by atomic mass is 16.5. The quantitative estimate of drug-likeness (QED) is 0.295. The predicted octanol–water partition coefficient (Wildman–Crippen LogP) is 6.75. The molecule has 36 heavy (non-hydrogen) atoms. The van der Waals surface area contributed by atoms with Crippen LogP contribution in [-0.2, 0) is 0 Å². The van der Waals surface area contributed by atoms with E-state index in [1.807, 2.05) is 86.1 Å². The SMILES string of the molecule is Cc1c(-c2cc(C(=O)O)c3c(O[C@@H](C)c4ccn5ccnc5c4)ccc(C)c3n2)oc2ccccc12. The normalized spacial score (nSPS) is 12.4. The molecule has 0 aliphatic heterocycles. The molecule has 7 nitrogen and oxygen atoms in total. The number of aromatic nitrogens is 3. The molecule has 0 fully saturated rings. The molecule has 0 spiro atoms. The third-order valence-corrected chi connectivity index (χ3v) is 6.63. The Balaban J connectivity index is 1.49. The van der Waals surface area contributed by atoms with Gasteiger partial charge < -0.3 is 18.7 Å². The van der Waals surface area contributed by atoms with Gasteiger partial charge in [0.15, 0.2) is 5.76 Å². The van der Waals surface area contributed by atoms with Gasteiger partial charge in [-0.25, -0.2) is 14.8 Å². The van der Waals surface area contributed by atoms with E-state index in [1.54, 1.807) is 12.3 Å². The van der Waals surface area contributed by atoms with Crippen molar-refractivity contribution in [3.63, 3.8) is 0 Å². The van der Waals surface area contributed by atoms with Crippen molar-refractivity contribution < 1.29 is 19.1 Å². The Bertz CT molecular complexity index is 1800. The van der Waals surface area contributed by atoms with Crippen LogP contribution < -0.4 is 4.74 Å². The number of nitrogens with zero attached hydrogens (tertiary/aromatic N) is 3. The van der Waals surface area contributed by atoms with Crippen LogP contribution in [0.1, 0.15) is 40.1 Å². The Hall–Kier alpha value is -4.65. The van der Waals surface area contributed by atoms with Crippen molar-refractivity contribution in [3.05, 3.63) is 95.4 Å². The van der Waals surface area contributed by atoms with Gasteiger partial charge in [-0.3, -0.25) is 0 Å². The average Bonchev–Trinajstić information content (AvgIpc) is 3.49. The number of hydrogen-bond donors (Lipinski definition) is 1. The summed E-state index contributed by atoms with van der Waals surface area (Å²) < 4.78 is 14.4. The van der Waals surface area contributed by atoms with Gasteiger partial charge >= 0.3 is 5.97 Å². The minimum absolute atomic E-state index is 0.115. The van der Waals surface area contributed by atoms with Crippen molar-refractivity contribution >= 4 is 33.5 Å². The highest BCUT2D eigenvalue weighted by Gasteiger charge is 2.22. The summed E-state index contributed by atoms with van der Waals surface area (Å²) in [5, 5.41) is 11.6. The number of hydrogen-bond acceptors (Lipinski definition) is 5. The fourth-order valence-corrected chi connectivity index (χ4v) is 4.68. The summed E-state index contributed by atoms with van der Waals surface area (Å²) in [5.41, 5.74) is 5.41. The van der Waals surface area contributed by atoms with Gasteiger partial charge in [0.2, 0.25) is 0 Å². The lowest BCUT2D eigenvalue weighted by Crippen LogP contribution is -2.07. The van der Waals surface area contributed by atoms with Crippen molar-refractivity contribution in [3.8, 4) is 17.2 Å². The Labute approximate surface area is 206 Å². The second-order valence-corrected chi connectivity index (χ2v) is 8.93. The van der Waals surface area contributed by atoms with Gasteiger partial charge in [-0.2, -0.15) is 0 Å². The number of aryl methyl sites for hydroxylation is 2. The van der Waals surface area contributed by atoms with Gasteiger partial charge in [-0.05, 0) is 62.2 Å². The molecule has 4 heterocycles. The molecule has 6 aromatic rings. The fourth-order valence-electron chi connectivity index (χ4n) is 4.68. The molecule has 0 unspecified atom stereocenters. The average molecular weight is 478 g/mol. The van der Waals surface area contributed by atoms with Crippen LogP contribution in [0.5, 0.6) is 5.75 Å². The molecule has 0 saturated carbocycles. The number of benzene rings is 2. The third kappa shape index (κ3) is 3.48. The lowest BCUT2D eigenvalue weighted by Gasteiger charge is -2.19. The number of carboxylic acid groups (broad SMARTS) is 1. The van der Waals surface area contributed by atoms with E-state index in [0.717, 1.165) is 33.3 Å². The molecule has 0 amide bonds. The molecule has 0 bridgehead atoms. The molecule has 7 heteroatoms. The Morgan fingerprint density at radius 1 is 1.08 bits per heavy atom. The zero-order valence-electron chi connectivity index (χ0n) is 20.0. The van der Waals surface area contributed by atoms with Crippen LogP contribution >= 0.6 is 0 Å². The summed E-state index contributed by atoms with van der Waals surface area (Å²) in [7, 11) is 0. The van der Waals surface area contributed by atoms with E-state index in [0.29, 0.717) is 28.1 Å². The van der Waals surface area contributed by atoms with Crippen LogP contribution in [0.3, 0.4) is 0 Å². The van der Waals surface area contributed by atoms with Crippen LogP contribution in [0, 0.1) is 13.8 Å². The van der Waals surface area contributed by atoms with Gasteiger partial charge in [-0.1, -0.05) is 24.3 Å². The first-order valence-electron chi connectivity index (χ1n) is 11.7. The minimum Gasteiger partial charge on any atom is -0.485 e. The maximum absolute atomic E-state index is 12.5. The molecule has 0 radical (unpaired) electrons. The fraction of sp³-hybridized carbons (Fsp3) is 0.138. The first-order valence-corrected chi connectivity index (χ1v) is 11.7. The number of furan rings is 1. The lowest BCUT2D eigenvalue weighted by atomic mass is 10.0. The number of pyridine rings is 2. The molecule has 1 atom stereocenters. The number of rotatable bonds is 5. The van der Waals surface area contributed by atoms with E-state index in [9.17, 15) is 9.90 Å². The molecule has 6 rings (SSSR count). The maximum Gasteiger partial charge on any atom is 0.336 e. The van der Waals surface area contributed by atoms with Gasteiger partial charge in [0.1, 0.15) is 28.8 Å². The monoisotopic (exact) mass is 477 g/mol. The number of imidazole rings is 1. The Morgan fingerprint density at radius 2 is 1.92 bits per heavy atom. The number of aromatic carboxylic acids is 1. The van der Waals surface area contributed by atoms with Crippen LogP contribution in [0.2, 0.25) is 0 Å². The van der Waals surface area contributed by atoms with E-state index < -0.39 is 5.97 Å². The molecule has 4 aromatic heterocycles. The number of ether oxygens (including phenoxy) is 1. The van der Waals surface area contributed by atoms with E-state index in [4.69, 9.17) is 14.1 Å². The first kappa shape index (κ1) is 21.9. The largest absolute Gasteiger partial charge is 0.485 e. The van der Waals surface area contributed by atoms with Gasteiger partial charge in [0.05, 0.1) is 16.5 Å². The molecule has 0 aliphatic carbocycles. The lowest BCUT2D eigenvalue weighted by molar-refractivity contribution is 0.0698. The van der Waals surface area contributed by atoms with E-state index in [-0.39, 0.29) is 11.7 Å². The summed E-state index contributed by atoms with van der Waals surface area (Å²) in [6, 6.07) is 16.9. The summed E-state index contributed by atoms with van der Waals surface area (Å²) in [6.45, 7) is 5.80. The topological polar surface area (TPSA) is 89.9 Å². The van der Waals surface area contributed by atoms with E-state index >= 15 is 0 Å². The van der Waals surface area contributed by atoms with Crippen molar-refractivity contribution in [1.82, 2.24) is 14.4 Å². The third-order valence-electron chi connectivity index (χ3n) is 6.63. The van der Waals surface area contributed by atoms with E-state index in [2.05, 4.69) is 4.98 Å². The summed E-state index contributed by atoms with van der Waals surface area (Å²) in [4.78, 5) is 21.7. The van der Waals surface area contributed by atoms with Crippen molar-refractivity contribution in [1.29, 1.82) is 0 Å².